The van der Waals surface area contributed by atoms with Crippen molar-refractivity contribution in [3.8, 4) is 6.07 Å². The van der Waals surface area contributed by atoms with E-state index in [2.05, 4.69) is 4.98 Å². The molecule has 0 bridgehead atoms. The summed E-state index contributed by atoms with van der Waals surface area (Å²) in [5.74, 6) is 0. The molecule has 0 fully saturated rings. The van der Waals surface area contributed by atoms with Crippen molar-refractivity contribution >= 4 is 11.4 Å². The van der Waals surface area contributed by atoms with E-state index < -0.39 is 11.9 Å². The van der Waals surface area contributed by atoms with Gasteiger partial charge in [0, 0.05) is 13.1 Å². The number of halogens is 3. The van der Waals surface area contributed by atoms with Crippen LogP contribution in [0.25, 0.3) is 0 Å². The summed E-state index contributed by atoms with van der Waals surface area (Å²) in [4.78, 5) is 4.89. The fraction of sp³-hybridized carbons (Fsp3) is 0.455. The molecule has 0 aliphatic carbocycles. The second-order valence-corrected chi connectivity index (χ2v) is 3.61. The van der Waals surface area contributed by atoms with Crippen molar-refractivity contribution in [1.29, 1.82) is 5.26 Å². The minimum Gasteiger partial charge on any atom is -0.396 e. The minimum atomic E-state index is -4.50. The maximum Gasteiger partial charge on any atom is 0.433 e. The van der Waals surface area contributed by atoms with E-state index in [-0.39, 0.29) is 17.8 Å². The molecule has 0 saturated carbocycles. The average molecular weight is 258 g/mol. The molecule has 1 rings (SSSR count). The van der Waals surface area contributed by atoms with Gasteiger partial charge in [-0.2, -0.15) is 18.4 Å². The molecule has 0 radical (unpaired) electrons. The number of nitriles is 1. The van der Waals surface area contributed by atoms with Gasteiger partial charge in [-0.05, 0) is 13.0 Å². The van der Waals surface area contributed by atoms with Crippen molar-refractivity contribution in [2.24, 2.45) is 0 Å². The molecule has 0 spiro atoms. The quantitative estimate of drug-likeness (QED) is 0.900. The molecule has 0 aliphatic heterocycles. The lowest BCUT2D eigenvalue weighted by Crippen LogP contribution is -2.25. The van der Waals surface area contributed by atoms with Crippen LogP contribution in [-0.2, 0) is 6.18 Å². The first kappa shape index (κ1) is 14.1. The van der Waals surface area contributed by atoms with Gasteiger partial charge >= 0.3 is 6.18 Å². The Labute approximate surface area is 103 Å². The lowest BCUT2D eigenvalue weighted by Gasteiger charge is -2.24. The van der Waals surface area contributed by atoms with Crippen molar-refractivity contribution in [3.05, 3.63) is 18.0 Å². The van der Waals surface area contributed by atoms with E-state index in [9.17, 15) is 13.2 Å². The van der Waals surface area contributed by atoms with Crippen LogP contribution >= 0.6 is 0 Å². The average Bonchev–Trinajstić information content (AvgIpc) is 2.30. The summed E-state index contributed by atoms with van der Waals surface area (Å²) in [5, 5.41) is 8.51. The second kappa shape index (κ2) is 5.58. The topological polar surface area (TPSA) is 65.9 Å². The lowest BCUT2D eigenvalue weighted by atomic mass is 10.2. The molecule has 18 heavy (non-hydrogen) atoms. The van der Waals surface area contributed by atoms with Gasteiger partial charge in [0.1, 0.15) is 5.69 Å². The van der Waals surface area contributed by atoms with Crippen LogP contribution < -0.4 is 10.6 Å². The number of aromatic nitrogens is 1. The van der Waals surface area contributed by atoms with Crippen LogP contribution in [0.2, 0.25) is 0 Å². The van der Waals surface area contributed by atoms with E-state index in [1.54, 1.807) is 11.8 Å². The zero-order valence-corrected chi connectivity index (χ0v) is 9.83. The van der Waals surface area contributed by atoms with Crippen LogP contribution in [0.15, 0.2) is 12.3 Å². The zero-order chi connectivity index (χ0) is 13.8. The highest BCUT2D eigenvalue weighted by Crippen LogP contribution is 2.32. The number of alkyl halides is 3. The van der Waals surface area contributed by atoms with Gasteiger partial charge in [-0.3, -0.25) is 0 Å². The molecule has 0 aliphatic rings. The third-order valence-electron chi connectivity index (χ3n) is 2.42. The Morgan fingerprint density at radius 3 is 2.67 bits per heavy atom. The van der Waals surface area contributed by atoms with E-state index in [0.717, 1.165) is 12.3 Å². The van der Waals surface area contributed by atoms with Crippen LogP contribution in [0.3, 0.4) is 0 Å². The highest BCUT2D eigenvalue weighted by molar-refractivity contribution is 5.67. The van der Waals surface area contributed by atoms with Crippen molar-refractivity contribution in [3.63, 3.8) is 0 Å². The molecule has 0 saturated heterocycles. The van der Waals surface area contributed by atoms with Crippen LogP contribution in [0.5, 0.6) is 0 Å². The maximum absolute atomic E-state index is 12.5. The predicted octanol–water partition coefficient (Wildman–Crippen LogP) is 2.42. The number of nitrogens with zero attached hydrogens (tertiary/aromatic N) is 3. The van der Waals surface area contributed by atoms with Crippen molar-refractivity contribution in [2.75, 3.05) is 23.7 Å². The van der Waals surface area contributed by atoms with Gasteiger partial charge in [0.2, 0.25) is 0 Å². The predicted molar refractivity (Wildman–Crippen MR) is 61.8 cm³/mol. The van der Waals surface area contributed by atoms with Gasteiger partial charge in [-0.15, -0.1) is 0 Å². The molecule has 1 aromatic rings. The molecular formula is C11H13F3N4. The highest BCUT2D eigenvalue weighted by Gasteiger charge is 2.33. The smallest absolute Gasteiger partial charge is 0.396 e. The van der Waals surface area contributed by atoms with E-state index in [1.165, 1.54) is 0 Å². The van der Waals surface area contributed by atoms with E-state index in [1.807, 2.05) is 6.07 Å². The Kier molecular flexibility index (Phi) is 4.37. The molecule has 4 nitrogen and oxygen atoms in total. The van der Waals surface area contributed by atoms with Crippen LogP contribution in [0.4, 0.5) is 24.5 Å². The van der Waals surface area contributed by atoms with Gasteiger partial charge in [-0.1, -0.05) is 0 Å². The third-order valence-corrected chi connectivity index (χ3v) is 2.42. The fourth-order valence-electron chi connectivity index (χ4n) is 1.52. The number of pyridine rings is 1. The van der Waals surface area contributed by atoms with Crippen molar-refractivity contribution in [2.45, 2.75) is 19.5 Å². The first-order chi connectivity index (χ1) is 8.40. The molecule has 1 heterocycles. The third kappa shape index (κ3) is 3.26. The minimum absolute atomic E-state index is 0.169. The monoisotopic (exact) mass is 258 g/mol. The molecule has 98 valence electrons. The lowest BCUT2D eigenvalue weighted by molar-refractivity contribution is -0.141. The number of hydrogen-bond acceptors (Lipinski definition) is 4. The van der Waals surface area contributed by atoms with Crippen LogP contribution in [0, 0.1) is 11.3 Å². The van der Waals surface area contributed by atoms with Gasteiger partial charge in [0.25, 0.3) is 0 Å². The first-order valence-electron chi connectivity index (χ1n) is 5.34. The fourth-order valence-corrected chi connectivity index (χ4v) is 1.52. The Bertz CT molecular complexity index is 451. The molecule has 0 amide bonds. The Morgan fingerprint density at radius 1 is 1.50 bits per heavy atom. The van der Waals surface area contributed by atoms with E-state index >= 15 is 0 Å². The molecule has 0 unspecified atom stereocenters. The van der Waals surface area contributed by atoms with E-state index in [4.69, 9.17) is 11.0 Å². The zero-order valence-electron chi connectivity index (χ0n) is 9.83. The molecule has 2 N–H and O–H groups in total. The molecule has 0 atom stereocenters. The van der Waals surface area contributed by atoms with E-state index in [0.29, 0.717) is 13.1 Å². The van der Waals surface area contributed by atoms with Crippen LogP contribution in [0.1, 0.15) is 19.0 Å². The summed E-state index contributed by atoms with van der Waals surface area (Å²) >= 11 is 0. The van der Waals surface area contributed by atoms with Gasteiger partial charge < -0.3 is 10.6 Å². The van der Waals surface area contributed by atoms with Crippen molar-refractivity contribution in [1.82, 2.24) is 4.98 Å². The summed E-state index contributed by atoms with van der Waals surface area (Å²) in [5.41, 5.74) is 5.07. The Balaban J connectivity index is 3.10. The number of hydrogen-bond donors (Lipinski definition) is 1. The normalized spacial score (nSPS) is 11.1. The summed E-state index contributed by atoms with van der Waals surface area (Å²) in [6.07, 6.45) is -3.29. The SMILES string of the molecule is CCN(CCC#N)c1cc(C(F)(F)F)ncc1N. The van der Waals surface area contributed by atoms with Gasteiger partial charge in [0.15, 0.2) is 0 Å². The summed E-state index contributed by atoms with van der Waals surface area (Å²) in [6.45, 7) is 2.58. The molecule has 0 aromatic carbocycles. The number of anilines is 2. The second-order valence-electron chi connectivity index (χ2n) is 3.61. The van der Waals surface area contributed by atoms with Gasteiger partial charge in [0.05, 0.1) is 30.1 Å². The summed E-state index contributed by atoms with van der Waals surface area (Å²) < 4.78 is 37.6. The van der Waals surface area contributed by atoms with Crippen LogP contribution in [-0.4, -0.2) is 18.1 Å². The van der Waals surface area contributed by atoms with Gasteiger partial charge in [-0.25, -0.2) is 4.98 Å². The first-order valence-corrected chi connectivity index (χ1v) is 5.34. The summed E-state index contributed by atoms with van der Waals surface area (Å²) in [7, 11) is 0. The van der Waals surface area contributed by atoms with Crippen molar-refractivity contribution < 1.29 is 13.2 Å². The largest absolute Gasteiger partial charge is 0.433 e. The standard InChI is InChI=1S/C11H13F3N4/c1-2-18(5-3-4-15)9-6-10(11(12,13)14)17-7-8(9)16/h6-7H,2-3,5,16H2,1H3. The molecule has 1 aromatic heterocycles. The Hall–Kier alpha value is -1.97. The molecular weight excluding hydrogens is 245 g/mol. The highest BCUT2D eigenvalue weighted by atomic mass is 19.4. The number of nitrogen functional groups attached to an aromatic ring is 1. The number of rotatable bonds is 4. The maximum atomic E-state index is 12.5. The summed E-state index contributed by atoms with van der Waals surface area (Å²) in [6, 6.07) is 2.86. The number of nitrogens with two attached hydrogens (primary N) is 1. The Morgan fingerprint density at radius 2 is 2.17 bits per heavy atom. The molecule has 7 heteroatoms.